The maximum Gasteiger partial charge on any atom is 0.289 e. The first-order chi connectivity index (χ1) is 12.3. The van der Waals surface area contributed by atoms with Gasteiger partial charge in [0.15, 0.2) is 5.76 Å². The molecular formula is C18H23N5O2. The van der Waals surface area contributed by atoms with Gasteiger partial charge in [-0.2, -0.15) is 4.98 Å². The molecule has 7 heteroatoms. The van der Waals surface area contributed by atoms with Crippen LogP contribution in [0.25, 0.3) is 0 Å². The summed E-state index contributed by atoms with van der Waals surface area (Å²) in [7, 11) is 0. The maximum absolute atomic E-state index is 12.3. The minimum atomic E-state index is -0.0261. The quantitative estimate of drug-likeness (QED) is 0.920. The van der Waals surface area contributed by atoms with Crippen LogP contribution < -0.4 is 10.2 Å². The van der Waals surface area contributed by atoms with Gasteiger partial charge in [0.25, 0.3) is 5.91 Å². The molecule has 2 aliphatic rings. The molecule has 0 aliphatic carbocycles. The maximum atomic E-state index is 12.3. The monoisotopic (exact) mass is 341 g/mol. The Balaban J connectivity index is 1.33. The fourth-order valence-electron chi connectivity index (χ4n) is 3.49. The van der Waals surface area contributed by atoms with Crippen molar-refractivity contribution in [3.63, 3.8) is 0 Å². The number of rotatable bonds is 4. The fraction of sp³-hybridized carbons (Fsp3) is 0.500. The van der Waals surface area contributed by atoms with Gasteiger partial charge in [-0.1, -0.05) is 0 Å². The lowest BCUT2D eigenvalue weighted by Gasteiger charge is -2.32. The fourth-order valence-corrected chi connectivity index (χ4v) is 3.49. The van der Waals surface area contributed by atoms with E-state index in [4.69, 9.17) is 4.42 Å². The van der Waals surface area contributed by atoms with E-state index in [0.717, 1.165) is 50.8 Å². The number of anilines is 2. The smallest absolute Gasteiger partial charge is 0.289 e. The van der Waals surface area contributed by atoms with Gasteiger partial charge in [0.1, 0.15) is 5.82 Å². The Kier molecular flexibility index (Phi) is 4.54. The SMILES string of the molecule is O=C(c1ccco1)N1CCC(Nc2ccnc(N3CCCC3)n2)CC1. The van der Waals surface area contributed by atoms with Crippen molar-refractivity contribution >= 4 is 17.7 Å². The number of piperidine rings is 1. The Labute approximate surface area is 147 Å². The predicted molar refractivity (Wildman–Crippen MR) is 94.7 cm³/mol. The number of hydrogen-bond acceptors (Lipinski definition) is 6. The van der Waals surface area contributed by atoms with Gasteiger partial charge >= 0.3 is 0 Å². The average molecular weight is 341 g/mol. The number of nitrogens with one attached hydrogen (secondary N) is 1. The summed E-state index contributed by atoms with van der Waals surface area (Å²) in [6.45, 7) is 3.52. The van der Waals surface area contributed by atoms with Crippen molar-refractivity contribution in [2.45, 2.75) is 31.7 Å². The molecule has 2 fully saturated rings. The van der Waals surface area contributed by atoms with Crippen molar-refractivity contribution in [2.75, 3.05) is 36.4 Å². The molecule has 7 nitrogen and oxygen atoms in total. The van der Waals surface area contributed by atoms with Gasteiger partial charge in [-0.3, -0.25) is 4.79 Å². The summed E-state index contributed by atoms with van der Waals surface area (Å²) >= 11 is 0. The number of carbonyl (C=O) groups excluding carboxylic acids is 1. The van der Waals surface area contributed by atoms with E-state index in [1.165, 1.54) is 19.1 Å². The molecule has 4 heterocycles. The summed E-state index contributed by atoms with van der Waals surface area (Å²) in [4.78, 5) is 25.4. The number of amides is 1. The molecule has 132 valence electrons. The second-order valence-corrected chi connectivity index (χ2v) is 6.62. The number of furan rings is 1. The summed E-state index contributed by atoms with van der Waals surface area (Å²) in [5.74, 6) is 2.07. The van der Waals surface area contributed by atoms with E-state index in [1.54, 1.807) is 12.1 Å². The van der Waals surface area contributed by atoms with E-state index in [0.29, 0.717) is 11.8 Å². The van der Waals surface area contributed by atoms with Crippen molar-refractivity contribution in [3.8, 4) is 0 Å². The second-order valence-electron chi connectivity index (χ2n) is 6.62. The van der Waals surface area contributed by atoms with Crippen molar-refractivity contribution in [1.82, 2.24) is 14.9 Å². The molecule has 0 atom stereocenters. The van der Waals surface area contributed by atoms with E-state index in [1.807, 2.05) is 17.2 Å². The Morgan fingerprint density at radius 2 is 1.96 bits per heavy atom. The van der Waals surface area contributed by atoms with Crippen molar-refractivity contribution in [2.24, 2.45) is 0 Å². The van der Waals surface area contributed by atoms with Crippen LogP contribution in [0.1, 0.15) is 36.2 Å². The molecule has 1 amide bonds. The first kappa shape index (κ1) is 15.9. The predicted octanol–water partition coefficient (Wildman–Crippen LogP) is 2.39. The highest BCUT2D eigenvalue weighted by molar-refractivity contribution is 5.91. The van der Waals surface area contributed by atoms with Crippen LogP contribution in [-0.4, -0.2) is 53.0 Å². The lowest BCUT2D eigenvalue weighted by Crippen LogP contribution is -2.42. The van der Waals surface area contributed by atoms with Gasteiger partial charge in [0, 0.05) is 38.4 Å². The van der Waals surface area contributed by atoms with Gasteiger partial charge in [-0.25, -0.2) is 4.98 Å². The number of hydrogen-bond donors (Lipinski definition) is 1. The highest BCUT2D eigenvalue weighted by Crippen LogP contribution is 2.20. The molecule has 2 saturated heterocycles. The first-order valence-electron chi connectivity index (χ1n) is 8.97. The molecule has 0 bridgehead atoms. The highest BCUT2D eigenvalue weighted by Gasteiger charge is 2.25. The Morgan fingerprint density at radius 1 is 1.16 bits per heavy atom. The van der Waals surface area contributed by atoms with Gasteiger partial charge in [-0.05, 0) is 43.9 Å². The third kappa shape index (κ3) is 3.60. The third-order valence-corrected chi connectivity index (χ3v) is 4.90. The normalized spacial score (nSPS) is 18.6. The summed E-state index contributed by atoms with van der Waals surface area (Å²) in [5.41, 5.74) is 0. The topological polar surface area (TPSA) is 74.5 Å². The Morgan fingerprint density at radius 3 is 2.68 bits per heavy atom. The van der Waals surface area contributed by atoms with E-state index < -0.39 is 0 Å². The number of carbonyl (C=O) groups is 1. The minimum absolute atomic E-state index is 0.0261. The second kappa shape index (κ2) is 7.13. The number of aromatic nitrogens is 2. The van der Waals surface area contributed by atoms with Crippen molar-refractivity contribution < 1.29 is 9.21 Å². The Hall–Kier alpha value is -2.57. The summed E-state index contributed by atoms with van der Waals surface area (Å²) in [6.07, 6.45) is 7.57. The Bertz CT molecular complexity index is 704. The molecule has 2 aliphatic heterocycles. The number of nitrogens with zero attached hydrogens (tertiary/aromatic N) is 4. The van der Waals surface area contributed by atoms with Crippen LogP contribution in [0.2, 0.25) is 0 Å². The van der Waals surface area contributed by atoms with E-state index >= 15 is 0 Å². The van der Waals surface area contributed by atoms with Crippen LogP contribution in [-0.2, 0) is 0 Å². The first-order valence-corrected chi connectivity index (χ1v) is 8.97. The zero-order valence-electron chi connectivity index (χ0n) is 14.2. The van der Waals surface area contributed by atoms with Gasteiger partial charge in [0.05, 0.1) is 6.26 Å². The zero-order valence-corrected chi connectivity index (χ0v) is 14.2. The molecule has 0 aromatic carbocycles. The van der Waals surface area contributed by atoms with E-state index in [9.17, 15) is 4.79 Å². The average Bonchev–Trinajstić information content (AvgIpc) is 3.36. The van der Waals surface area contributed by atoms with E-state index in [-0.39, 0.29) is 5.91 Å². The standard InChI is InChI=1S/C18H23N5O2/c24-17(15-4-3-13-25-15)22-11-6-14(7-12-22)20-16-5-8-19-18(21-16)23-9-1-2-10-23/h3-5,8,13-14H,1-2,6-7,9-12H2,(H,19,20,21). The lowest BCUT2D eigenvalue weighted by atomic mass is 10.0. The number of likely N-dealkylation sites (tertiary alicyclic amines) is 1. The largest absolute Gasteiger partial charge is 0.459 e. The van der Waals surface area contributed by atoms with Gasteiger partial charge in [0.2, 0.25) is 5.95 Å². The summed E-state index contributed by atoms with van der Waals surface area (Å²) < 4.78 is 5.20. The summed E-state index contributed by atoms with van der Waals surface area (Å²) in [5, 5.41) is 3.50. The molecule has 0 spiro atoms. The van der Waals surface area contributed by atoms with Crippen LogP contribution in [0.5, 0.6) is 0 Å². The van der Waals surface area contributed by atoms with Crippen LogP contribution in [0, 0.1) is 0 Å². The molecule has 25 heavy (non-hydrogen) atoms. The molecule has 2 aromatic rings. The molecule has 1 N–H and O–H groups in total. The van der Waals surface area contributed by atoms with Crippen LogP contribution in [0.15, 0.2) is 35.1 Å². The third-order valence-electron chi connectivity index (χ3n) is 4.90. The molecule has 0 saturated carbocycles. The molecule has 4 rings (SSSR count). The lowest BCUT2D eigenvalue weighted by molar-refractivity contribution is 0.0686. The van der Waals surface area contributed by atoms with Crippen LogP contribution in [0.3, 0.4) is 0 Å². The van der Waals surface area contributed by atoms with E-state index in [2.05, 4.69) is 20.2 Å². The van der Waals surface area contributed by atoms with Gasteiger partial charge < -0.3 is 19.5 Å². The molecular weight excluding hydrogens is 318 g/mol. The minimum Gasteiger partial charge on any atom is -0.459 e. The highest BCUT2D eigenvalue weighted by atomic mass is 16.3. The molecule has 0 unspecified atom stereocenters. The van der Waals surface area contributed by atoms with Crippen molar-refractivity contribution in [3.05, 3.63) is 36.4 Å². The molecule has 0 radical (unpaired) electrons. The summed E-state index contributed by atoms with van der Waals surface area (Å²) in [6, 6.07) is 5.70. The van der Waals surface area contributed by atoms with Crippen LogP contribution >= 0.6 is 0 Å². The zero-order chi connectivity index (χ0) is 17.1. The van der Waals surface area contributed by atoms with Crippen molar-refractivity contribution in [1.29, 1.82) is 0 Å². The van der Waals surface area contributed by atoms with Gasteiger partial charge in [-0.15, -0.1) is 0 Å². The molecule has 2 aromatic heterocycles. The van der Waals surface area contributed by atoms with Crippen LogP contribution in [0.4, 0.5) is 11.8 Å².